The number of ether oxygens (including phenoxy) is 2. The minimum atomic E-state index is -5.04. The Balaban J connectivity index is 1.63. The number of rotatable bonds is 7. The van der Waals surface area contributed by atoms with E-state index >= 15 is 0 Å². The molecule has 16 nitrogen and oxygen atoms in total. The van der Waals surface area contributed by atoms with E-state index in [1.54, 1.807) is 0 Å². The number of nitrogens with zero attached hydrogens (tertiary/aromatic N) is 1. The van der Waals surface area contributed by atoms with Gasteiger partial charge >= 0.3 is 13.5 Å². The molecule has 0 amide bonds. The van der Waals surface area contributed by atoms with E-state index in [0.717, 1.165) is 16.8 Å². The summed E-state index contributed by atoms with van der Waals surface area (Å²) in [6.45, 7) is -1.63. The van der Waals surface area contributed by atoms with Crippen molar-refractivity contribution >= 4 is 7.82 Å². The lowest BCUT2D eigenvalue weighted by atomic mass is 10.00. The van der Waals surface area contributed by atoms with Gasteiger partial charge in [0.2, 0.25) is 0 Å². The molecule has 1 aromatic heterocycles. The molecule has 182 valence electrons. The minimum Gasteiger partial charge on any atom is -0.394 e. The molecule has 0 radical (unpaired) electrons. The number of aliphatic hydroxyl groups is 6. The second-order valence-corrected chi connectivity index (χ2v) is 8.54. The van der Waals surface area contributed by atoms with Crippen molar-refractivity contribution in [2.45, 2.75) is 55.2 Å². The van der Waals surface area contributed by atoms with Crippen molar-refractivity contribution in [3.63, 3.8) is 0 Å². The summed E-state index contributed by atoms with van der Waals surface area (Å²) in [7, 11) is -5.04. The van der Waals surface area contributed by atoms with Crippen LogP contribution in [-0.2, 0) is 23.1 Å². The van der Waals surface area contributed by atoms with E-state index in [1.807, 2.05) is 4.98 Å². The highest BCUT2D eigenvalue weighted by Gasteiger charge is 2.48. The van der Waals surface area contributed by atoms with E-state index in [9.17, 15) is 44.6 Å². The first-order valence-electron chi connectivity index (χ1n) is 9.24. The maximum Gasteiger partial charge on any atom is 0.474 e. The Morgan fingerprint density at radius 2 is 1.66 bits per heavy atom. The normalized spacial score (nSPS) is 39.7. The van der Waals surface area contributed by atoms with E-state index in [0.29, 0.717) is 0 Å². The predicted octanol–water partition coefficient (Wildman–Crippen LogP) is -4.91. The molecule has 32 heavy (non-hydrogen) atoms. The summed E-state index contributed by atoms with van der Waals surface area (Å²) >= 11 is 0. The Labute approximate surface area is 178 Å². The van der Waals surface area contributed by atoms with Crippen LogP contribution in [0.2, 0.25) is 0 Å². The summed E-state index contributed by atoms with van der Waals surface area (Å²) in [4.78, 5) is 34.8. The number of aromatic amines is 1. The molecule has 2 fully saturated rings. The third-order valence-electron chi connectivity index (χ3n) is 4.95. The zero-order valence-corrected chi connectivity index (χ0v) is 17.0. The number of aliphatic hydroxyl groups excluding tert-OH is 6. The van der Waals surface area contributed by atoms with Crippen LogP contribution in [0.15, 0.2) is 21.9 Å². The van der Waals surface area contributed by atoms with Gasteiger partial charge < -0.3 is 45.0 Å². The molecular formula is C15H23N2O14P. The molecular weight excluding hydrogens is 463 g/mol. The van der Waals surface area contributed by atoms with Gasteiger partial charge in [0.25, 0.3) is 5.56 Å². The van der Waals surface area contributed by atoms with Gasteiger partial charge in [-0.15, -0.1) is 0 Å². The van der Waals surface area contributed by atoms with Crippen LogP contribution < -0.4 is 11.2 Å². The van der Waals surface area contributed by atoms with Crippen molar-refractivity contribution in [1.82, 2.24) is 9.55 Å². The first kappa shape index (κ1) is 25.1. The van der Waals surface area contributed by atoms with E-state index in [1.165, 1.54) is 0 Å². The molecule has 2 unspecified atom stereocenters. The second-order valence-electron chi connectivity index (χ2n) is 7.13. The Morgan fingerprint density at radius 1 is 1.00 bits per heavy atom. The first-order valence-corrected chi connectivity index (χ1v) is 10.7. The van der Waals surface area contributed by atoms with Crippen molar-refractivity contribution in [3.8, 4) is 0 Å². The molecule has 2 aliphatic heterocycles. The van der Waals surface area contributed by atoms with Crippen LogP contribution in [0, 0.1) is 0 Å². The smallest absolute Gasteiger partial charge is 0.394 e. The molecule has 17 heteroatoms. The van der Waals surface area contributed by atoms with Gasteiger partial charge in [0.05, 0.1) is 13.2 Å². The van der Waals surface area contributed by atoms with Crippen LogP contribution in [0.25, 0.3) is 0 Å². The average molecular weight is 486 g/mol. The average Bonchev–Trinajstić information content (AvgIpc) is 3.01. The maximum absolute atomic E-state index is 12.2. The Bertz CT molecular complexity index is 951. The Kier molecular flexibility index (Phi) is 7.66. The van der Waals surface area contributed by atoms with E-state index in [4.69, 9.17) is 19.1 Å². The number of aromatic nitrogens is 2. The zero-order valence-electron chi connectivity index (χ0n) is 16.1. The number of hydrogen-bond acceptors (Lipinski definition) is 13. The SMILES string of the molecule is O=c1ccn([C@@H]2O[C@H](COP(=O)(O)OC3O[C@H](CO)[C@H](O)[C@H](O)[C@H]3O)[C@@H](O)[C@H]2O)c(=O)[nH]1. The minimum absolute atomic E-state index is 0.703. The molecule has 3 rings (SSSR count). The van der Waals surface area contributed by atoms with Gasteiger partial charge in [-0.05, 0) is 0 Å². The van der Waals surface area contributed by atoms with Crippen LogP contribution in [0.5, 0.6) is 0 Å². The van der Waals surface area contributed by atoms with Crippen LogP contribution in [-0.4, -0.2) is 107 Å². The van der Waals surface area contributed by atoms with Crippen molar-refractivity contribution in [1.29, 1.82) is 0 Å². The fourth-order valence-corrected chi connectivity index (χ4v) is 4.04. The highest BCUT2D eigenvalue weighted by atomic mass is 31.2. The first-order chi connectivity index (χ1) is 14.9. The van der Waals surface area contributed by atoms with Crippen molar-refractivity contribution in [2.24, 2.45) is 0 Å². The fraction of sp³-hybridized carbons (Fsp3) is 0.733. The molecule has 2 saturated heterocycles. The molecule has 3 heterocycles. The molecule has 10 atom stereocenters. The fourth-order valence-electron chi connectivity index (χ4n) is 3.21. The van der Waals surface area contributed by atoms with Crippen molar-refractivity contribution in [2.75, 3.05) is 13.2 Å². The second kappa shape index (κ2) is 9.76. The van der Waals surface area contributed by atoms with Crippen molar-refractivity contribution < 1.29 is 58.6 Å². The lowest BCUT2D eigenvalue weighted by Crippen LogP contribution is -2.58. The molecule has 0 bridgehead atoms. The third-order valence-corrected chi connectivity index (χ3v) is 5.90. The number of phosphoric acid groups is 1. The summed E-state index contributed by atoms with van der Waals surface area (Å²) < 4.78 is 32.6. The number of hydrogen-bond donors (Lipinski definition) is 8. The number of H-pyrrole nitrogens is 1. The van der Waals surface area contributed by atoms with Gasteiger partial charge in [-0.1, -0.05) is 0 Å². The Morgan fingerprint density at radius 3 is 2.28 bits per heavy atom. The molecule has 1 aromatic rings. The largest absolute Gasteiger partial charge is 0.474 e. The summed E-state index contributed by atoms with van der Waals surface area (Å²) in [5.74, 6) is 0. The monoisotopic (exact) mass is 486 g/mol. The highest BCUT2D eigenvalue weighted by Crippen LogP contribution is 2.47. The van der Waals surface area contributed by atoms with Gasteiger partial charge in [0.1, 0.15) is 42.7 Å². The molecule has 0 saturated carbocycles. The molecule has 8 N–H and O–H groups in total. The number of phosphoric ester groups is 1. The number of nitrogens with one attached hydrogen (secondary N) is 1. The standard InChI is InChI=1S/C15H23N2O14P/c18-3-5-8(20)10(22)12(24)14(30-5)31-32(26,27)28-4-6-9(21)11(23)13(29-6)17-2-1-7(19)16-15(17)25/h1-2,5-6,8-14,18,20-24H,3-4H2,(H,26,27)(H,16,19,25)/t5-,6-,8+,9-,10+,11-,12-,13-,14?/m1/s1. The summed E-state index contributed by atoms with van der Waals surface area (Å²) in [5.41, 5.74) is -1.64. The lowest BCUT2D eigenvalue weighted by molar-refractivity contribution is -0.281. The third kappa shape index (κ3) is 5.17. The summed E-state index contributed by atoms with van der Waals surface area (Å²) in [5, 5.41) is 58.6. The quantitative estimate of drug-likeness (QED) is 0.168. The predicted molar refractivity (Wildman–Crippen MR) is 97.9 cm³/mol. The summed E-state index contributed by atoms with van der Waals surface area (Å²) in [6.07, 6.45) is -14.1. The highest BCUT2D eigenvalue weighted by molar-refractivity contribution is 7.47. The van der Waals surface area contributed by atoms with Gasteiger partial charge in [-0.2, -0.15) is 0 Å². The molecule has 0 aromatic carbocycles. The lowest BCUT2D eigenvalue weighted by Gasteiger charge is -2.39. The van der Waals surface area contributed by atoms with Gasteiger partial charge in [0.15, 0.2) is 12.5 Å². The van der Waals surface area contributed by atoms with Crippen LogP contribution in [0.1, 0.15) is 6.23 Å². The molecule has 2 aliphatic rings. The van der Waals surface area contributed by atoms with Crippen molar-refractivity contribution in [3.05, 3.63) is 33.1 Å². The molecule has 0 aliphatic carbocycles. The molecule has 0 spiro atoms. The van der Waals surface area contributed by atoms with Gasteiger partial charge in [-0.25, -0.2) is 9.36 Å². The van der Waals surface area contributed by atoms with Crippen LogP contribution >= 0.6 is 7.82 Å². The van der Waals surface area contributed by atoms with E-state index in [-0.39, 0.29) is 0 Å². The Hall–Kier alpha value is -1.53. The summed E-state index contributed by atoms with van der Waals surface area (Å²) in [6, 6.07) is 0.976. The van der Waals surface area contributed by atoms with Gasteiger partial charge in [0, 0.05) is 12.3 Å². The topological polar surface area (TPSA) is 250 Å². The van der Waals surface area contributed by atoms with Gasteiger partial charge in [-0.3, -0.25) is 23.4 Å². The van der Waals surface area contributed by atoms with E-state index in [2.05, 4.69) is 4.52 Å². The van der Waals surface area contributed by atoms with Crippen LogP contribution in [0.4, 0.5) is 0 Å². The van der Waals surface area contributed by atoms with Crippen LogP contribution in [0.3, 0.4) is 0 Å². The van der Waals surface area contributed by atoms with E-state index < -0.39 is 87.5 Å². The maximum atomic E-state index is 12.2. The zero-order chi connectivity index (χ0) is 23.8.